The Kier molecular flexibility index (Phi) is 4.07. The molecule has 5 nitrogen and oxygen atoms in total. The zero-order valence-electron chi connectivity index (χ0n) is 9.13. The van der Waals surface area contributed by atoms with E-state index in [-0.39, 0.29) is 12.7 Å². The van der Waals surface area contributed by atoms with Crippen LogP contribution in [-0.2, 0) is 11.3 Å². The van der Waals surface area contributed by atoms with Crippen molar-refractivity contribution in [2.75, 3.05) is 13.2 Å². The minimum absolute atomic E-state index is 0.121. The summed E-state index contributed by atoms with van der Waals surface area (Å²) in [7, 11) is 0. The number of aromatic nitrogens is 2. The SMILES string of the molecule is OCc1cncc(OCC2CCCCO2)n1. The molecule has 1 N–H and O–H groups in total. The molecule has 16 heavy (non-hydrogen) atoms. The molecular weight excluding hydrogens is 208 g/mol. The molecular formula is C11H16N2O3. The van der Waals surface area contributed by atoms with E-state index in [4.69, 9.17) is 14.6 Å². The molecule has 0 radical (unpaired) electrons. The van der Waals surface area contributed by atoms with Crippen LogP contribution in [0.15, 0.2) is 12.4 Å². The summed E-state index contributed by atoms with van der Waals surface area (Å²) in [6.45, 7) is 1.20. The van der Waals surface area contributed by atoms with E-state index in [1.165, 1.54) is 12.6 Å². The van der Waals surface area contributed by atoms with Gasteiger partial charge in [-0.2, -0.15) is 0 Å². The minimum atomic E-state index is -0.121. The third-order valence-electron chi connectivity index (χ3n) is 2.52. The van der Waals surface area contributed by atoms with Crippen LogP contribution < -0.4 is 4.74 Å². The zero-order valence-corrected chi connectivity index (χ0v) is 9.13. The number of ether oxygens (including phenoxy) is 2. The van der Waals surface area contributed by atoms with E-state index >= 15 is 0 Å². The third-order valence-corrected chi connectivity index (χ3v) is 2.52. The molecule has 2 rings (SSSR count). The van der Waals surface area contributed by atoms with E-state index in [0.717, 1.165) is 19.4 Å². The Bertz CT molecular complexity index is 327. The Hall–Kier alpha value is -1.20. The molecule has 0 amide bonds. The smallest absolute Gasteiger partial charge is 0.232 e. The van der Waals surface area contributed by atoms with Gasteiger partial charge in [0.25, 0.3) is 0 Å². The molecule has 1 saturated heterocycles. The maximum Gasteiger partial charge on any atom is 0.232 e. The van der Waals surface area contributed by atoms with Crippen LogP contribution in [0, 0.1) is 0 Å². The average Bonchev–Trinajstić information content (AvgIpc) is 2.38. The first-order chi connectivity index (χ1) is 7.88. The highest BCUT2D eigenvalue weighted by Crippen LogP contribution is 2.14. The van der Waals surface area contributed by atoms with Crippen molar-refractivity contribution in [1.29, 1.82) is 0 Å². The average molecular weight is 224 g/mol. The summed E-state index contributed by atoms with van der Waals surface area (Å²) in [4.78, 5) is 8.02. The van der Waals surface area contributed by atoms with Crippen LogP contribution in [0.25, 0.3) is 0 Å². The third kappa shape index (κ3) is 3.15. The largest absolute Gasteiger partial charge is 0.474 e. The summed E-state index contributed by atoms with van der Waals surface area (Å²) in [6, 6.07) is 0. The molecule has 1 unspecified atom stereocenters. The number of nitrogens with zero attached hydrogens (tertiary/aromatic N) is 2. The van der Waals surface area contributed by atoms with Gasteiger partial charge in [0.2, 0.25) is 5.88 Å². The first-order valence-electron chi connectivity index (χ1n) is 5.54. The molecule has 1 aliphatic rings. The van der Waals surface area contributed by atoms with Crippen LogP contribution in [0.5, 0.6) is 5.88 Å². The van der Waals surface area contributed by atoms with E-state index in [9.17, 15) is 0 Å². The number of hydrogen-bond donors (Lipinski definition) is 1. The van der Waals surface area contributed by atoms with Crippen LogP contribution in [0.4, 0.5) is 0 Å². The van der Waals surface area contributed by atoms with E-state index in [2.05, 4.69) is 9.97 Å². The van der Waals surface area contributed by atoms with Crippen molar-refractivity contribution in [3.63, 3.8) is 0 Å². The fourth-order valence-electron chi connectivity index (χ4n) is 1.65. The van der Waals surface area contributed by atoms with Gasteiger partial charge in [-0.3, -0.25) is 4.98 Å². The van der Waals surface area contributed by atoms with Crippen LogP contribution in [-0.4, -0.2) is 34.4 Å². The van der Waals surface area contributed by atoms with Crippen LogP contribution in [0.2, 0.25) is 0 Å². The van der Waals surface area contributed by atoms with Crippen molar-refractivity contribution in [2.24, 2.45) is 0 Å². The molecule has 0 aromatic carbocycles. The van der Waals surface area contributed by atoms with Gasteiger partial charge >= 0.3 is 0 Å². The Morgan fingerprint density at radius 2 is 2.38 bits per heavy atom. The topological polar surface area (TPSA) is 64.5 Å². The quantitative estimate of drug-likeness (QED) is 0.823. The van der Waals surface area contributed by atoms with Gasteiger partial charge in [-0.25, -0.2) is 4.98 Å². The maximum absolute atomic E-state index is 8.90. The van der Waals surface area contributed by atoms with E-state index in [0.29, 0.717) is 18.2 Å². The second-order valence-electron chi connectivity index (χ2n) is 3.81. The molecule has 88 valence electrons. The van der Waals surface area contributed by atoms with Crippen molar-refractivity contribution in [3.8, 4) is 5.88 Å². The highest BCUT2D eigenvalue weighted by Gasteiger charge is 2.14. The summed E-state index contributed by atoms with van der Waals surface area (Å²) in [6.07, 6.45) is 6.58. The number of aliphatic hydroxyl groups is 1. The van der Waals surface area contributed by atoms with Crippen LogP contribution >= 0.6 is 0 Å². The monoisotopic (exact) mass is 224 g/mol. The standard InChI is InChI=1S/C11H16N2O3/c14-7-9-5-12-6-11(13-9)16-8-10-3-1-2-4-15-10/h5-6,10,14H,1-4,7-8H2. The predicted octanol–water partition coefficient (Wildman–Crippen LogP) is 0.917. The molecule has 1 aliphatic heterocycles. The molecule has 2 heterocycles. The molecule has 1 aromatic rings. The summed E-state index contributed by atoms with van der Waals surface area (Å²) in [5, 5.41) is 8.90. The fourth-order valence-corrected chi connectivity index (χ4v) is 1.65. The Balaban J connectivity index is 1.83. The Labute approximate surface area is 94.4 Å². The number of hydrogen-bond acceptors (Lipinski definition) is 5. The maximum atomic E-state index is 8.90. The van der Waals surface area contributed by atoms with Gasteiger partial charge in [0.05, 0.1) is 30.8 Å². The highest BCUT2D eigenvalue weighted by molar-refractivity contribution is 5.07. The molecule has 0 aliphatic carbocycles. The molecule has 5 heteroatoms. The normalized spacial score (nSPS) is 20.7. The summed E-state index contributed by atoms with van der Waals surface area (Å²) in [5.74, 6) is 0.445. The van der Waals surface area contributed by atoms with Crippen molar-refractivity contribution in [3.05, 3.63) is 18.1 Å². The fraction of sp³-hybridized carbons (Fsp3) is 0.636. The lowest BCUT2D eigenvalue weighted by atomic mass is 10.1. The minimum Gasteiger partial charge on any atom is -0.474 e. The Morgan fingerprint density at radius 3 is 3.12 bits per heavy atom. The Morgan fingerprint density at radius 1 is 1.44 bits per heavy atom. The van der Waals surface area contributed by atoms with Crippen LogP contribution in [0.3, 0.4) is 0 Å². The van der Waals surface area contributed by atoms with Gasteiger partial charge in [-0.05, 0) is 19.3 Å². The molecule has 1 aromatic heterocycles. The van der Waals surface area contributed by atoms with Crippen LogP contribution in [0.1, 0.15) is 25.0 Å². The summed E-state index contributed by atoms with van der Waals surface area (Å²) in [5.41, 5.74) is 0.516. The second-order valence-corrected chi connectivity index (χ2v) is 3.81. The first kappa shape index (κ1) is 11.3. The molecule has 1 fully saturated rings. The molecule has 0 spiro atoms. The van der Waals surface area contributed by atoms with Gasteiger partial charge < -0.3 is 14.6 Å². The van der Waals surface area contributed by atoms with Crippen molar-refractivity contribution >= 4 is 0 Å². The predicted molar refractivity (Wildman–Crippen MR) is 57.0 cm³/mol. The summed E-state index contributed by atoms with van der Waals surface area (Å²) >= 11 is 0. The van der Waals surface area contributed by atoms with Crippen molar-refractivity contribution in [1.82, 2.24) is 9.97 Å². The van der Waals surface area contributed by atoms with Crippen molar-refractivity contribution in [2.45, 2.75) is 32.0 Å². The zero-order chi connectivity index (χ0) is 11.2. The first-order valence-corrected chi connectivity index (χ1v) is 5.54. The number of rotatable bonds is 4. The lowest BCUT2D eigenvalue weighted by molar-refractivity contribution is -0.0120. The van der Waals surface area contributed by atoms with Gasteiger partial charge in [0.15, 0.2) is 0 Å². The lowest BCUT2D eigenvalue weighted by Gasteiger charge is -2.22. The summed E-state index contributed by atoms with van der Waals surface area (Å²) < 4.78 is 11.0. The second kappa shape index (κ2) is 5.77. The van der Waals surface area contributed by atoms with E-state index in [1.54, 1.807) is 6.20 Å². The molecule has 0 saturated carbocycles. The van der Waals surface area contributed by atoms with E-state index in [1.807, 2.05) is 0 Å². The van der Waals surface area contributed by atoms with E-state index < -0.39 is 0 Å². The lowest BCUT2D eigenvalue weighted by Crippen LogP contribution is -2.26. The van der Waals surface area contributed by atoms with Gasteiger partial charge in [0, 0.05) is 6.61 Å². The van der Waals surface area contributed by atoms with Gasteiger partial charge in [0.1, 0.15) is 6.61 Å². The number of aliphatic hydroxyl groups excluding tert-OH is 1. The highest BCUT2D eigenvalue weighted by atomic mass is 16.5. The van der Waals surface area contributed by atoms with Gasteiger partial charge in [-0.1, -0.05) is 0 Å². The van der Waals surface area contributed by atoms with Gasteiger partial charge in [-0.15, -0.1) is 0 Å². The molecule has 0 bridgehead atoms. The van der Waals surface area contributed by atoms with Crippen molar-refractivity contribution < 1.29 is 14.6 Å². The molecule has 1 atom stereocenters.